The first-order chi connectivity index (χ1) is 8.15. The molecule has 0 amide bonds. The van der Waals surface area contributed by atoms with Crippen LogP contribution in [0.1, 0.15) is 25.8 Å². The Kier molecular flexibility index (Phi) is 5.78. The summed E-state index contributed by atoms with van der Waals surface area (Å²) in [5, 5.41) is 3.48. The van der Waals surface area contributed by atoms with Gasteiger partial charge in [-0.15, -0.1) is 6.58 Å². The van der Waals surface area contributed by atoms with Crippen molar-refractivity contribution in [2.75, 3.05) is 7.11 Å². The lowest BCUT2D eigenvalue weighted by atomic mass is 10.1. The van der Waals surface area contributed by atoms with Gasteiger partial charge in [-0.1, -0.05) is 18.2 Å². The van der Waals surface area contributed by atoms with Gasteiger partial charge in [0.05, 0.1) is 7.11 Å². The molecule has 17 heavy (non-hydrogen) atoms. The van der Waals surface area contributed by atoms with Gasteiger partial charge in [0.2, 0.25) is 0 Å². The van der Waals surface area contributed by atoms with Crippen molar-refractivity contribution in [3.8, 4) is 5.75 Å². The summed E-state index contributed by atoms with van der Waals surface area (Å²) in [5.41, 5.74) is 1.35. The number of rotatable bonds is 7. The molecule has 0 bridgehead atoms. The van der Waals surface area contributed by atoms with Crippen molar-refractivity contribution in [1.29, 1.82) is 0 Å². The number of methoxy groups -OCH3 is 1. The van der Waals surface area contributed by atoms with Gasteiger partial charge < -0.3 is 10.1 Å². The van der Waals surface area contributed by atoms with Crippen molar-refractivity contribution in [3.05, 3.63) is 42.5 Å². The molecule has 1 N–H and O–H groups in total. The highest BCUT2D eigenvalue weighted by atomic mass is 16.5. The molecule has 0 heterocycles. The average molecular weight is 233 g/mol. The minimum absolute atomic E-state index is 0.376. The van der Waals surface area contributed by atoms with E-state index in [0.717, 1.165) is 18.6 Å². The molecule has 0 radical (unpaired) electrons. The van der Waals surface area contributed by atoms with Gasteiger partial charge in [-0.05, 0) is 44.4 Å². The van der Waals surface area contributed by atoms with Crippen LogP contribution in [0.25, 0.3) is 0 Å². The van der Waals surface area contributed by atoms with Gasteiger partial charge in [-0.2, -0.15) is 0 Å². The van der Waals surface area contributed by atoms with Crippen LogP contribution in [0.15, 0.2) is 36.9 Å². The van der Waals surface area contributed by atoms with E-state index in [4.69, 9.17) is 4.74 Å². The van der Waals surface area contributed by atoms with Crippen LogP contribution in [0.3, 0.4) is 0 Å². The molecule has 0 fully saturated rings. The molecule has 2 heteroatoms. The van der Waals surface area contributed by atoms with E-state index >= 15 is 0 Å². The largest absolute Gasteiger partial charge is 0.497 e. The van der Waals surface area contributed by atoms with Gasteiger partial charge in [-0.25, -0.2) is 0 Å². The third kappa shape index (κ3) is 5.05. The van der Waals surface area contributed by atoms with E-state index in [1.165, 1.54) is 5.56 Å². The first-order valence-corrected chi connectivity index (χ1v) is 6.17. The molecule has 2 nitrogen and oxygen atoms in total. The SMILES string of the molecule is C=CC(C)NC(C)CCc1ccc(OC)cc1. The first-order valence-electron chi connectivity index (χ1n) is 6.17. The molecule has 0 aromatic heterocycles. The van der Waals surface area contributed by atoms with E-state index in [2.05, 4.69) is 37.9 Å². The van der Waals surface area contributed by atoms with Crippen molar-refractivity contribution in [2.24, 2.45) is 0 Å². The van der Waals surface area contributed by atoms with Gasteiger partial charge in [0.1, 0.15) is 5.75 Å². The zero-order valence-electron chi connectivity index (χ0n) is 11.1. The maximum Gasteiger partial charge on any atom is 0.118 e. The smallest absolute Gasteiger partial charge is 0.118 e. The molecular formula is C15H23NO. The molecule has 2 atom stereocenters. The van der Waals surface area contributed by atoms with Crippen molar-refractivity contribution in [2.45, 2.75) is 38.8 Å². The second kappa shape index (κ2) is 7.13. The third-order valence-electron chi connectivity index (χ3n) is 2.93. The highest BCUT2D eigenvalue weighted by Crippen LogP contribution is 2.13. The molecule has 0 aliphatic rings. The Morgan fingerprint density at radius 1 is 1.29 bits per heavy atom. The quantitative estimate of drug-likeness (QED) is 0.730. The average Bonchev–Trinajstić information content (AvgIpc) is 2.36. The number of aryl methyl sites for hydroxylation is 1. The lowest BCUT2D eigenvalue weighted by Crippen LogP contribution is -2.33. The Bertz CT molecular complexity index is 331. The predicted octanol–water partition coefficient (Wildman–Crippen LogP) is 3.18. The maximum atomic E-state index is 5.14. The fraction of sp³-hybridized carbons (Fsp3) is 0.467. The van der Waals surface area contributed by atoms with Crippen molar-refractivity contribution in [3.63, 3.8) is 0 Å². The molecule has 0 saturated carbocycles. The van der Waals surface area contributed by atoms with Gasteiger partial charge >= 0.3 is 0 Å². The predicted molar refractivity (Wildman–Crippen MR) is 73.6 cm³/mol. The van der Waals surface area contributed by atoms with E-state index in [1.54, 1.807) is 7.11 Å². The van der Waals surface area contributed by atoms with Gasteiger partial charge in [0, 0.05) is 12.1 Å². The Hall–Kier alpha value is -1.28. The van der Waals surface area contributed by atoms with Crippen LogP contribution < -0.4 is 10.1 Å². The lowest BCUT2D eigenvalue weighted by molar-refractivity contribution is 0.414. The van der Waals surface area contributed by atoms with E-state index in [-0.39, 0.29) is 0 Å². The maximum absolute atomic E-state index is 5.14. The highest BCUT2D eigenvalue weighted by Gasteiger charge is 2.04. The Balaban J connectivity index is 2.36. The molecule has 0 aliphatic heterocycles. The summed E-state index contributed by atoms with van der Waals surface area (Å²) in [6, 6.07) is 9.16. The molecule has 1 aromatic carbocycles. The van der Waals surface area contributed by atoms with Crippen LogP contribution in [0, 0.1) is 0 Å². The fourth-order valence-electron chi connectivity index (χ4n) is 1.78. The van der Waals surface area contributed by atoms with Crippen molar-refractivity contribution < 1.29 is 4.74 Å². The summed E-state index contributed by atoms with van der Waals surface area (Å²) in [4.78, 5) is 0. The minimum Gasteiger partial charge on any atom is -0.497 e. The standard InChI is InChI=1S/C15H23NO/c1-5-12(2)16-13(3)6-7-14-8-10-15(17-4)11-9-14/h5,8-13,16H,1,6-7H2,2-4H3. The van der Waals surface area contributed by atoms with Crippen LogP contribution in [0.5, 0.6) is 5.75 Å². The van der Waals surface area contributed by atoms with Gasteiger partial charge in [-0.3, -0.25) is 0 Å². The summed E-state index contributed by atoms with van der Waals surface area (Å²) in [5.74, 6) is 0.917. The van der Waals surface area contributed by atoms with Crippen LogP contribution >= 0.6 is 0 Å². The first kappa shape index (κ1) is 13.8. The van der Waals surface area contributed by atoms with Crippen LogP contribution in [0.2, 0.25) is 0 Å². The normalized spacial score (nSPS) is 14.1. The second-order valence-electron chi connectivity index (χ2n) is 4.48. The summed E-state index contributed by atoms with van der Waals surface area (Å²) in [7, 11) is 1.69. The number of hydrogen-bond donors (Lipinski definition) is 1. The van der Waals surface area contributed by atoms with E-state index < -0.39 is 0 Å². The van der Waals surface area contributed by atoms with Crippen molar-refractivity contribution in [1.82, 2.24) is 5.32 Å². The molecular weight excluding hydrogens is 210 g/mol. The van der Waals surface area contributed by atoms with Gasteiger partial charge in [0.25, 0.3) is 0 Å². The summed E-state index contributed by atoms with van der Waals surface area (Å²) < 4.78 is 5.14. The molecule has 0 aliphatic carbocycles. The lowest BCUT2D eigenvalue weighted by Gasteiger charge is -2.17. The van der Waals surface area contributed by atoms with Crippen LogP contribution in [0.4, 0.5) is 0 Å². The molecule has 94 valence electrons. The van der Waals surface area contributed by atoms with Crippen LogP contribution in [-0.4, -0.2) is 19.2 Å². The number of benzene rings is 1. The highest BCUT2D eigenvalue weighted by molar-refractivity contribution is 5.27. The Morgan fingerprint density at radius 3 is 2.47 bits per heavy atom. The third-order valence-corrected chi connectivity index (χ3v) is 2.93. The van der Waals surface area contributed by atoms with Crippen LogP contribution in [-0.2, 0) is 6.42 Å². The van der Waals surface area contributed by atoms with Crippen molar-refractivity contribution >= 4 is 0 Å². The van der Waals surface area contributed by atoms with Gasteiger partial charge in [0.15, 0.2) is 0 Å². The zero-order valence-corrected chi connectivity index (χ0v) is 11.1. The Morgan fingerprint density at radius 2 is 1.94 bits per heavy atom. The molecule has 2 unspecified atom stereocenters. The monoisotopic (exact) mass is 233 g/mol. The zero-order chi connectivity index (χ0) is 12.7. The second-order valence-corrected chi connectivity index (χ2v) is 4.48. The molecule has 1 rings (SSSR count). The summed E-state index contributed by atoms with van der Waals surface area (Å²) >= 11 is 0. The number of ether oxygens (including phenoxy) is 1. The fourth-order valence-corrected chi connectivity index (χ4v) is 1.78. The Labute approximate surface area is 105 Å². The summed E-state index contributed by atoms with van der Waals surface area (Å²) in [6.07, 6.45) is 4.15. The van der Waals surface area contributed by atoms with E-state index in [0.29, 0.717) is 12.1 Å². The molecule has 0 spiro atoms. The van der Waals surface area contributed by atoms with E-state index in [1.807, 2.05) is 18.2 Å². The molecule has 1 aromatic rings. The number of nitrogens with one attached hydrogen (secondary N) is 1. The minimum atomic E-state index is 0.376. The topological polar surface area (TPSA) is 21.3 Å². The molecule has 0 saturated heterocycles. The summed E-state index contributed by atoms with van der Waals surface area (Å²) in [6.45, 7) is 8.11. The number of hydrogen-bond acceptors (Lipinski definition) is 2. The van der Waals surface area contributed by atoms with E-state index in [9.17, 15) is 0 Å².